The molecule has 0 unspecified atom stereocenters. The van der Waals surface area contributed by atoms with Gasteiger partial charge in [0, 0.05) is 44.1 Å². The lowest BCUT2D eigenvalue weighted by Crippen LogP contribution is -2.47. The molecular formula is C28H31N3O3. The highest BCUT2D eigenvalue weighted by Crippen LogP contribution is 2.48. The summed E-state index contributed by atoms with van der Waals surface area (Å²) in [5.41, 5.74) is 8.10. The molecule has 176 valence electrons. The van der Waals surface area contributed by atoms with Gasteiger partial charge in [-0.1, -0.05) is 18.2 Å². The van der Waals surface area contributed by atoms with Crippen molar-refractivity contribution in [3.8, 4) is 0 Å². The number of piperazine rings is 1. The number of fused-ring (bicyclic) bond motifs is 1. The first-order chi connectivity index (χ1) is 16.5. The second-order valence-corrected chi connectivity index (χ2v) is 9.47. The van der Waals surface area contributed by atoms with Crippen LogP contribution < -0.4 is 10.2 Å². The lowest BCUT2D eigenvalue weighted by atomic mass is 9.82. The van der Waals surface area contributed by atoms with E-state index in [1.54, 1.807) is 23.3 Å². The number of carboxylic acids is 1. The molecule has 0 bridgehead atoms. The van der Waals surface area contributed by atoms with E-state index < -0.39 is 5.97 Å². The Balaban J connectivity index is 1.27. The van der Waals surface area contributed by atoms with Gasteiger partial charge in [-0.05, 0) is 90.8 Å². The Kier molecular flexibility index (Phi) is 6.24. The molecule has 0 atom stereocenters. The number of carbonyl (C=O) groups is 2. The molecule has 0 radical (unpaired) electrons. The maximum Gasteiger partial charge on any atom is 0.335 e. The van der Waals surface area contributed by atoms with E-state index in [-0.39, 0.29) is 5.91 Å². The SMILES string of the molecule is C=CC(=O)Nc1ccc2c(c1)CCC(CN1CCN(c3ccc(C(=O)O)cc3)CC1)=C2C1CC1. The smallest absolute Gasteiger partial charge is 0.335 e. The van der Waals surface area contributed by atoms with E-state index in [9.17, 15) is 9.59 Å². The van der Waals surface area contributed by atoms with Crippen molar-refractivity contribution in [3.05, 3.63) is 77.4 Å². The maximum atomic E-state index is 11.7. The Labute approximate surface area is 200 Å². The second kappa shape index (κ2) is 9.47. The van der Waals surface area contributed by atoms with Crippen LogP contribution in [0.15, 0.2) is 60.7 Å². The Hall–Kier alpha value is -3.38. The number of carboxylic acid groups (broad SMARTS) is 1. The van der Waals surface area contributed by atoms with Crippen LogP contribution in [-0.4, -0.2) is 54.6 Å². The first-order valence-corrected chi connectivity index (χ1v) is 12.1. The van der Waals surface area contributed by atoms with Crippen LogP contribution in [0.5, 0.6) is 0 Å². The molecule has 2 aromatic carbocycles. The molecule has 34 heavy (non-hydrogen) atoms. The van der Waals surface area contributed by atoms with Crippen molar-refractivity contribution in [2.45, 2.75) is 25.7 Å². The Morgan fingerprint density at radius 1 is 1.03 bits per heavy atom. The molecule has 0 aromatic heterocycles. The van der Waals surface area contributed by atoms with Crippen LogP contribution in [0.1, 0.15) is 40.7 Å². The van der Waals surface area contributed by atoms with E-state index >= 15 is 0 Å². The third-order valence-corrected chi connectivity index (χ3v) is 7.18. The number of aromatic carboxylic acids is 1. The molecule has 5 rings (SSSR count). The number of amides is 1. The highest BCUT2D eigenvalue weighted by atomic mass is 16.4. The molecule has 3 aliphatic rings. The molecule has 2 N–H and O–H groups in total. The number of carbonyl (C=O) groups excluding carboxylic acids is 1. The van der Waals surface area contributed by atoms with E-state index in [4.69, 9.17) is 5.11 Å². The van der Waals surface area contributed by atoms with Crippen LogP contribution in [0, 0.1) is 5.92 Å². The Morgan fingerprint density at radius 3 is 2.41 bits per heavy atom. The maximum absolute atomic E-state index is 11.7. The van der Waals surface area contributed by atoms with Gasteiger partial charge in [0.15, 0.2) is 0 Å². The van der Waals surface area contributed by atoms with Crippen LogP contribution in [0.4, 0.5) is 11.4 Å². The molecule has 2 fully saturated rings. The Morgan fingerprint density at radius 2 is 1.76 bits per heavy atom. The number of benzene rings is 2. The number of anilines is 2. The average molecular weight is 458 g/mol. The van der Waals surface area contributed by atoms with Gasteiger partial charge < -0.3 is 15.3 Å². The molecule has 6 heteroatoms. The third-order valence-electron chi connectivity index (χ3n) is 7.18. The van der Waals surface area contributed by atoms with Crippen LogP contribution in [0.2, 0.25) is 0 Å². The fraction of sp³-hybridized carbons (Fsp3) is 0.357. The molecule has 1 aliphatic heterocycles. The molecular weight excluding hydrogens is 426 g/mol. The van der Waals surface area contributed by atoms with Crippen LogP contribution in [0.25, 0.3) is 5.57 Å². The number of allylic oxidation sites excluding steroid dienone is 1. The highest BCUT2D eigenvalue weighted by molar-refractivity contribution is 5.99. The highest BCUT2D eigenvalue weighted by Gasteiger charge is 2.33. The van der Waals surface area contributed by atoms with Crippen molar-refractivity contribution >= 4 is 28.8 Å². The van der Waals surface area contributed by atoms with Crippen molar-refractivity contribution in [2.75, 3.05) is 42.9 Å². The number of nitrogens with zero attached hydrogens (tertiary/aromatic N) is 2. The topological polar surface area (TPSA) is 72.9 Å². The summed E-state index contributed by atoms with van der Waals surface area (Å²) < 4.78 is 0. The van der Waals surface area contributed by atoms with Gasteiger partial charge in [0.1, 0.15) is 0 Å². The standard InChI is InChI=1S/C28H31N3O3/c1-2-26(32)29-23-9-12-25-21(17-23)5-6-22(27(25)19-3-4-19)18-30-13-15-31(16-14-30)24-10-7-20(8-11-24)28(33)34/h2,7-12,17,19H,1,3-6,13-16,18H2,(H,29,32)(H,33,34). The van der Waals surface area contributed by atoms with E-state index in [1.807, 2.05) is 18.2 Å². The first kappa shape index (κ1) is 22.4. The molecule has 0 spiro atoms. The van der Waals surface area contributed by atoms with Gasteiger partial charge in [0.25, 0.3) is 0 Å². The molecule has 1 amide bonds. The zero-order valence-electron chi connectivity index (χ0n) is 19.4. The summed E-state index contributed by atoms with van der Waals surface area (Å²) in [6.45, 7) is 8.45. The van der Waals surface area contributed by atoms with Gasteiger partial charge in [0.2, 0.25) is 5.91 Å². The summed E-state index contributed by atoms with van der Waals surface area (Å²) in [6, 6.07) is 13.5. The molecule has 2 aromatic rings. The zero-order valence-corrected chi connectivity index (χ0v) is 19.4. The minimum Gasteiger partial charge on any atom is -0.478 e. The fourth-order valence-corrected chi connectivity index (χ4v) is 5.24. The first-order valence-electron chi connectivity index (χ1n) is 12.1. The van der Waals surface area contributed by atoms with Crippen molar-refractivity contribution in [3.63, 3.8) is 0 Å². The summed E-state index contributed by atoms with van der Waals surface area (Å²) in [5.74, 6) is -0.383. The minimum atomic E-state index is -0.886. The van der Waals surface area contributed by atoms with Gasteiger partial charge in [-0.15, -0.1) is 0 Å². The van der Waals surface area contributed by atoms with E-state index in [1.165, 1.54) is 30.0 Å². The number of aryl methyl sites for hydroxylation is 1. The average Bonchev–Trinajstić information content (AvgIpc) is 3.69. The van der Waals surface area contributed by atoms with Gasteiger partial charge in [-0.2, -0.15) is 0 Å². The van der Waals surface area contributed by atoms with Crippen LogP contribution in [0.3, 0.4) is 0 Å². The Bertz CT molecular complexity index is 1140. The number of hydrogen-bond acceptors (Lipinski definition) is 4. The zero-order chi connectivity index (χ0) is 23.7. The predicted molar refractivity (Wildman–Crippen MR) is 135 cm³/mol. The summed E-state index contributed by atoms with van der Waals surface area (Å²) in [7, 11) is 0. The van der Waals surface area contributed by atoms with Crippen molar-refractivity contribution in [1.29, 1.82) is 0 Å². The molecule has 1 saturated heterocycles. The summed E-state index contributed by atoms with van der Waals surface area (Å²) in [6.07, 6.45) is 5.93. The molecule has 6 nitrogen and oxygen atoms in total. The van der Waals surface area contributed by atoms with E-state index in [0.29, 0.717) is 11.5 Å². The monoisotopic (exact) mass is 457 g/mol. The number of rotatable bonds is 7. The summed E-state index contributed by atoms with van der Waals surface area (Å²) in [4.78, 5) is 27.7. The number of nitrogens with one attached hydrogen (secondary N) is 1. The summed E-state index contributed by atoms with van der Waals surface area (Å²) in [5, 5.41) is 12.0. The lowest BCUT2D eigenvalue weighted by Gasteiger charge is -2.37. The van der Waals surface area contributed by atoms with Crippen LogP contribution in [-0.2, 0) is 11.2 Å². The molecule has 1 saturated carbocycles. The van der Waals surface area contributed by atoms with Crippen molar-refractivity contribution in [2.24, 2.45) is 5.92 Å². The fourth-order valence-electron chi connectivity index (χ4n) is 5.24. The predicted octanol–water partition coefficient (Wildman–Crippen LogP) is 4.44. The van der Waals surface area contributed by atoms with Gasteiger partial charge in [-0.3, -0.25) is 9.69 Å². The third kappa shape index (κ3) is 4.77. The quantitative estimate of drug-likeness (QED) is 0.602. The normalized spacial score (nSPS) is 18.4. The van der Waals surface area contributed by atoms with Gasteiger partial charge in [-0.25, -0.2) is 4.79 Å². The summed E-state index contributed by atoms with van der Waals surface area (Å²) >= 11 is 0. The molecule has 1 heterocycles. The lowest BCUT2D eigenvalue weighted by molar-refractivity contribution is -0.111. The minimum absolute atomic E-state index is 0.175. The van der Waals surface area contributed by atoms with Crippen molar-refractivity contribution < 1.29 is 14.7 Å². The largest absolute Gasteiger partial charge is 0.478 e. The van der Waals surface area contributed by atoms with Crippen LogP contribution >= 0.6 is 0 Å². The van der Waals surface area contributed by atoms with Gasteiger partial charge >= 0.3 is 5.97 Å². The van der Waals surface area contributed by atoms with E-state index in [0.717, 1.165) is 56.9 Å². The second-order valence-electron chi connectivity index (χ2n) is 9.47. The van der Waals surface area contributed by atoms with Crippen molar-refractivity contribution in [1.82, 2.24) is 4.90 Å². The van der Waals surface area contributed by atoms with E-state index in [2.05, 4.69) is 33.8 Å². The van der Waals surface area contributed by atoms with Gasteiger partial charge in [0.05, 0.1) is 5.56 Å². The number of hydrogen-bond donors (Lipinski definition) is 2. The molecule has 2 aliphatic carbocycles.